The number of nitrogen functional groups attached to an aromatic ring is 1. The normalized spacial score (nSPS) is 23.9. The van der Waals surface area contributed by atoms with Crippen molar-refractivity contribution in [1.82, 2.24) is 0 Å². The molecule has 1 fully saturated rings. The largest absolute Gasteiger partial charge is 0.398 e. The molecule has 3 rings (SSSR count). The topological polar surface area (TPSA) is 55.5 Å². The highest BCUT2D eigenvalue weighted by Gasteiger charge is 2.32. The van der Waals surface area contributed by atoms with E-state index in [1.54, 1.807) is 0 Å². The number of allylic oxidation sites excluding steroid dienone is 2. The molecule has 0 amide bonds. The van der Waals surface area contributed by atoms with Gasteiger partial charge < -0.3 is 15.6 Å². The zero-order chi connectivity index (χ0) is 15.8. The molecule has 0 atom stereocenters. The predicted molar refractivity (Wildman–Crippen MR) is 90.4 cm³/mol. The van der Waals surface area contributed by atoms with Gasteiger partial charge >= 0.3 is 0 Å². The summed E-state index contributed by atoms with van der Waals surface area (Å²) in [4.78, 5) is 0. The van der Waals surface area contributed by atoms with Gasteiger partial charge in [0.2, 0.25) is 0 Å². The SMILES string of the molecule is CC1(C)CC=C(c2cc(C3(O)CCOCC3)ccc2N)CC1. The third-order valence-corrected chi connectivity index (χ3v) is 5.23. The second-order valence-electron chi connectivity index (χ2n) is 7.54. The van der Waals surface area contributed by atoms with Gasteiger partial charge in [-0.05, 0) is 47.9 Å². The molecule has 1 aromatic carbocycles. The van der Waals surface area contributed by atoms with Crippen molar-refractivity contribution in [2.45, 2.75) is 51.6 Å². The van der Waals surface area contributed by atoms with Gasteiger partial charge in [-0.15, -0.1) is 0 Å². The Hall–Kier alpha value is -1.32. The Bertz CT molecular complexity index is 583. The van der Waals surface area contributed by atoms with Gasteiger partial charge in [0.1, 0.15) is 0 Å². The van der Waals surface area contributed by atoms with Crippen LogP contribution in [0.4, 0.5) is 5.69 Å². The van der Waals surface area contributed by atoms with Gasteiger partial charge in [0, 0.05) is 37.3 Å². The molecule has 3 heteroatoms. The van der Waals surface area contributed by atoms with E-state index in [0.29, 0.717) is 31.5 Å². The van der Waals surface area contributed by atoms with Crippen molar-refractivity contribution in [1.29, 1.82) is 0 Å². The number of benzene rings is 1. The lowest BCUT2D eigenvalue weighted by molar-refractivity contribution is -0.0679. The van der Waals surface area contributed by atoms with Crippen LogP contribution < -0.4 is 5.73 Å². The van der Waals surface area contributed by atoms with Crippen LogP contribution in [0.3, 0.4) is 0 Å². The van der Waals surface area contributed by atoms with E-state index < -0.39 is 5.60 Å². The van der Waals surface area contributed by atoms with Crippen LogP contribution >= 0.6 is 0 Å². The van der Waals surface area contributed by atoms with E-state index >= 15 is 0 Å². The van der Waals surface area contributed by atoms with Gasteiger partial charge in [0.05, 0.1) is 5.60 Å². The summed E-state index contributed by atoms with van der Waals surface area (Å²) >= 11 is 0. The number of nitrogens with two attached hydrogens (primary N) is 1. The average molecular weight is 301 g/mol. The van der Waals surface area contributed by atoms with Crippen molar-refractivity contribution >= 4 is 11.3 Å². The molecule has 0 saturated carbocycles. The molecule has 120 valence electrons. The van der Waals surface area contributed by atoms with Gasteiger partial charge in [0.25, 0.3) is 0 Å². The van der Waals surface area contributed by atoms with Gasteiger partial charge in [-0.2, -0.15) is 0 Å². The van der Waals surface area contributed by atoms with E-state index in [2.05, 4.69) is 26.0 Å². The van der Waals surface area contributed by atoms with Gasteiger partial charge in [-0.3, -0.25) is 0 Å². The van der Waals surface area contributed by atoms with E-state index in [1.165, 1.54) is 12.0 Å². The number of aliphatic hydroxyl groups is 1. The number of rotatable bonds is 2. The Balaban J connectivity index is 1.92. The molecule has 1 aliphatic carbocycles. The van der Waals surface area contributed by atoms with Crippen LogP contribution in [0.15, 0.2) is 24.3 Å². The van der Waals surface area contributed by atoms with Crippen molar-refractivity contribution in [2.24, 2.45) is 5.41 Å². The molecule has 1 heterocycles. The highest BCUT2D eigenvalue weighted by Crippen LogP contribution is 2.41. The van der Waals surface area contributed by atoms with E-state index in [0.717, 1.165) is 29.7 Å². The molecule has 0 radical (unpaired) electrons. The first kappa shape index (κ1) is 15.6. The summed E-state index contributed by atoms with van der Waals surface area (Å²) in [5.74, 6) is 0. The lowest BCUT2D eigenvalue weighted by Gasteiger charge is -2.33. The second kappa shape index (κ2) is 5.71. The molecule has 0 bridgehead atoms. The number of hydrogen-bond donors (Lipinski definition) is 2. The minimum atomic E-state index is -0.769. The standard InChI is InChI=1S/C19H27NO2/c1-18(2)7-5-14(6-8-18)16-13-15(3-4-17(16)20)19(21)9-11-22-12-10-19/h3-5,13,21H,6-12,20H2,1-2H3. The Morgan fingerprint density at radius 1 is 1.14 bits per heavy atom. The summed E-state index contributed by atoms with van der Waals surface area (Å²) in [6.07, 6.45) is 6.96. The maximum Gasteiger partial charge on any atom is 0.0940 e. The minimum absolute atomic E-state index is 0.384. The van der Waals surface area contributed by atoms with Crippen molar-refractivity contribution in [3.8, 4) is 0 Å². The molecular weight excluding hydrogens is 274 g/mol. The van der Waals surface area contributed by atoms with Gasteiger partial charge in [0.15, 0.2) is 0 Å². The van der Waals surface area contributed by atoms with Crippen LogP contribution in [0.25, 0.3) is 5.57 Å². The summed E-state index contributed by atoms with van der Waals surface area (Å²) in [7, 11) is 0. The molecular formula is C19H27NO2. The predicted octanol–water partition coefficient (Wildman–Crippen LogP) is 3.86. The molecule has 1 aliphatic heterocycles. The average Bonchev–Trinajstić information content (AvgIpc) is 2.49. The fourth-order valence-electron chi connectivity index (χ4n) is 3.44. The molecule has 0 unspecified atom stereocenters. The van der Waals surface area contributed by atoms with Crippen LogP contribution in [0.5, 0.6) is 0 Å². The maximum absolute atomic E-state index is 10.9. The van der Waals surface area contributed by atoms with E-state index in [1.807, 2.05) is 12.1 Å². The number of hydrogen-bond acceptors (Lipinski definition) is 3. The summed E-state index contributed by atoms with van der Waals surface area (Å²) in [5, 5.41) is 10.9. The third-order valence-electron chi connectivity index (χ3n) is 5.23. The Kier molecular flexibility index (Phi) is 4.04. The first-order chi connectivity index (χ1) is 10.4. The summed E-state index contributed by atoms with van der Waals surface area (Å²) in [6.45, 7) is 5.86. The molecule has 0 spiro atoms. The zero-order valence-corrected chi connectivity index (χ0v) is 13.7. The third kappa shape index (κ3) is 3.06. The van der Waals surface area contributed by atoms with E-state index in [-0.39, 0.29) is 0 Å². The number of ether oxygens (including phenoxy) is 1. The fraction of sp³-hybridized carbons (Fsp3) is 0.579. The summed E-state index contributed by atoms with van der Waals surface area (Å²) < 4.78 is 5.38. The monoisotopic (exact) mass is 301 g/mol. The van der Waals surface area contributed by atoms with E-state index in [4.69, 9.17) is 10.5 Å². The lowest BCUT2D eigenvalue weighted by Crippen LogP contribution is -2.33. The van der Waals surface area contributed by atoms with Crippen molar-refractivity contribution in [3.63, 3.8) is 0 Å². The first-order valence-corrected chi connectivity index (χ1v) is 8.29. The van der Waals surface area contributed by atoms with Gasteiger partial charge in [-0.25, -0.2) is 0 Å². The van der Waals surface area contributed by atoms with Crippen LogP contribution in [0, 0.1) is 5.41 Å². The van der Waals surface area contributed by atoms with E-state index in [9.17, 15) is 5.11 Å². The zero-order valence-electron chi connectivity index (χ0n) is 13.7. The minimum Gasteiger partial charge on any atom is -0.398 e. The highest BCUT2D eigenvalue weighted by atomic mass is 16.5. The van der Waals surface area contributed by atoms with Crippen LogP contribution in [-0.4, -0.2) is 18.3 Å². The molecule has 22 heavy (non-hydrogen) atoms. The quantitative estimate of drug-likeness (QED) is 0.816. The first-order valence-electron chi connectivity index (χ1n) is 8.29. The molecule has 3 N–H and O–H groups in total. The lowest BCUT2D eigenvalue weighted by atomic mass is 9.76. The molecule has 1 saturated heterocycles. The van der Waals surface area contributed by atoms with Crippen molar-refractivity contribution in [2.75, 3.05) is 18.9 Å². The second-order valence-corrected chi connectivity index (χ2v) is 7.54. The number of anilines is 1. The van der Waals surface area contributed by atoms with Crippen molar-refractivity contribution in [3.05, 3.63) is 35.4 Å². The fourth-order valence-corrected chi connectivity index (χ4v) is 3.44. The smallest absolute Gasteiger partial charge is 0.0940 e. The highest BCUT2D eigenvalue weighted by molar-refractivity contribution is 5.76. The molecule has 2 aliphatic rings. The molecule has 3 nitrogen and oxygen atoms in total. The Labute approximate surface area is 133 Å². The van der Waals surface area contributed by atoms with Crippen LogP contribution in [0.1, 0.15) is 57.1 Å². The Morgan fingerprint density at radius 2 is 1.86 bits per heavy atom. The molecule has 0 aromatic heterocycles. The summed E-state index contributed by atoms with van der Waals surface area (Å²) in [5.41, 5.74) is 10.0. The summed E-state index contributed by atoms with van der Waals surface area (Å²) in [6, 6.07) is 6.01. The van der Waals surface area contributed by atoms with Crippen LogP contribution in [-0.2, 0) is 10.3 Å². The van der Waals surface area contributed by atoms with Crippen LogP contribution in [0.2, 0.25) is 0 Å². The Morgan fingerprint density at radius 3 is 2.50 bits per heavy atom. The molecule has 1 aromatic rings. The maximum atomic E-state index is 10.9. The van der Waals surface area contributed by atoms with Crippen molar-refractivity contribution < 1.29 is 9.84 Å². The van der Waals surface area contributed by atoms with Gasteiger partial charge in [-0.1, -0.05) is 26.0 Å².